The minimum atomic E-state index is -0.157. The molecule has 0 bridgehead atoms. The molecule has 0 aliphatic heterocycles. The SMILES string of the molecule is C\C=C(C)/C(Cl)=C\C=C\NC(=O)/C(C)=C/COC. The monoisotopic (exact) mass is 269 g/mol. The van der Waals surface area contributed by atoms with E-state index in [1.54, 1.807) is 38.5 Å². The predicted molar refractivity (Wildman–Crippen MR) is 76.3 cm³/mol. The third-order valence-electron chi connectivity index (χ3n) is 2.28. The highest BCUT2D eigenvalue weighted by Crippen LogP contribution is 2.13. The van der Waals surface area contributed by atoms with Crippen LogP contribution in [0, 0.1) is 0 Å². The van der Waals surface area contributed by atoms with Gasteiger partial charge in [0, 0.05) is 23.9 Å². The molecule has 0 fully saturated rings. The van der Waals surface area contributed by atoms with Crippen molar-refractivity contribution in [3.63, 3.8) is 0 Å². The van der Waals surface area contributed by atoms with Crippen LogP contribution < -0.4 is 5.32 Å². The van der Waals surface area contributed by atoms with Crippen molar-refractivity contribution < 1.29 is 9.53 Å². The van der Waals surface area contributed by atoms with E-state index in [9.17, 15) is 4.79 Å². The quantitative estimate of drug-likeness (QED) is 0.594. The van der Waals surface area contributed by atoms with Crippen LogP contribution in [0.4, 0.5) is 0 Å². The lowest BCUT2D eigenvalue weighted by atomic mass is 10.2. The maximum Gasteiger partial charge on any atom is 0.250 e. The summed E-state index contributed by atoms with van der Waals surface area (Å²) in [4.78, 5) is 11.5. The summed E-state index contributed by atoms with van der Waals surface area (Å²) in [6.07, 6.45) is 8.61. The van der Waals surface area contributed by atoms with Gasteiger partial charge in [0.25, 0.3) is 5.91 Å². The number of nitrogens with one attached hydrogen (secondary N) is 1. The molecule has 0 aromatic rings. The summed E-state index contributed by atoms with van der Waals surface area (Å²) in [5.41, 5.74) is 1.60. The van der Waals surface area contributed by atoms with E-state index in [0.29, 0.717) is 17.2 Å². The van der Waals surface area contributed by atoms with Crippen LogP contribution in [-0.2, 0) is 9.53 Å². The zero-order valence-electron chi connectivity index (χ0n) is 11.3. The number of amides is 1. The average molecular weight is 270 g/mol. The van der Waals surface area contributed by atoms with Gasteiger partial charge < -0.3 is 10.1 Å². The second-order valence-corrected chi connectivity index (χ2v) is 4.07. The number of hydrogen-bond donors (Lipinski definition) is 1. The van der Waals surface area contributed by atoms with E-state index in [0.717, 1.165) is 5.57 Å². The summed E-state index contributed by atoms with van der Waals surface area (Å²) >= 11 is 5.98. The lowest BCUT2D eigenvalue weighted by molar-refractivity contribution is -0.116. The van der Waals surface area contributed by atoms with Gasteiger partial charge in [-0.05, 0) is 38.5 Å². The van der Waals surface area contributed by atoms with E-state index in [1.165, 1.54) is 0 Å². The van der Waals surface area contributed by atoms with Gasteiger partial charge in [0.1, 0.15) is 0 Å². The fraction of sp³-hybridized carbons (Fsp3) is 0.357. The molecule has 100 valence electrons. The van der Waals surface area contributed by atoms with Crippen molar-refractivity contribution in [3.05, 3.63) is 46.7 Å². The largest absolute Gasteiger partial charge is 0.381 e. The third-order valence-corrected chi connectivity index (χ3v) is 2.70. The summed E-state index contributed by atoms with van der Waals surface area (Å²) in [7, 11) is 1.58. The summed E-state index contributed by atoms with van der Waals surface area (Å²) in [6.45, 7) is 5.99. The molecule has 0 aromatic heterocycles. The molecule has 3 nitrogen and oxygen atoms in total. The minimum Gasteiger partial charge on any atom is -0.381 e. The highest BCUT2D eigenvalue weighted by atomic mass is 35.5. The van der Waals surface area contributed by atoms with Crippen LogP contribution in [0.25, 0.3) is 0 Å². The predicted octanol–water partition coefficient (Wildman–Crippen LogP) is 3.30. The maximum atomic E-state index is 11.5. The number of rotatable bonds is 6. The molecule has 0 aromatic carbocycles. The fourth-order valence-corrected chi connectivity index (χ4v) is 1.12. The average Bonchev–Trinajstić information content (AvgIpc) is 2.39. The Balaban J connectivity index is 4.30. The first-order valence-electron chi connectivity index (χ1n) is 5.65. The van der Waals surface area contributed by atoms with Crippen LogP contribution in [0.5, 0.6) is 0 Å². The number of carbonyl (C=O) groups excluding carboxylic acids is 1. The Labute approximate surface area is 114 Å². The lowest BCUT2D eigenvalue weighted by Gasteiger charge is -1.99. The van der Waals surface area contributed by atoms with Gasteiger partial charge in [-0.15, -0.1) is 0 Å². The van der Waals surface area contributed by atoms with Crippen molar-refractivity contribution >= 4 is 17.5 Å². The van der Waals surface area contributed by atoms with Crippen LogP contribution in [0.3, 0.4) is 0 Å². The van der Waals surface area contributed by atoms with Crippen LogP contribution in [0.1, 0.15) is 20.8 Å². The number of ether oxygens (including phenoxy) is 1. The molecule has 0 aliphatic carbocycles. The molecule has 0 radical (unpaired) electrons. The van der Waals surface area contributed by atoms with Gasteiger partial charge in [-0.3, -0.25) is 4.79 Å². The summed E-state index contributed by atoms with van der Waals surface area (Å²) in [5.74, 6) is -0.157. The molecule has 4 heteroatoms. The number of allylic oxidation sites excluding steroid dienone is 5. The van der Waals surface area contributed by atoms with Crippen molar-refractivity contribution in [2.75, 3.05) is 13.7 Å². The Bertz CT molecular complexity index is 393. The van der Waals surface area contributed by atoms with Gasteiger partial charge in [-0.2, -0.15) is 0 Å². The standard InChI is InChI=1S/C14H20ClNO2/c1-5-11(2)13(15)7-6-9-16-14(17)12(3)8-10-18-4/h5-9H,10H2,1-4H3,(H,16,17)/b9-6+,11-5-,12-8+,13-7+. The molecule has 0 aliphatic rings. The zero-order chi connectivity index (χ0) is 14.0. The van der Waals surface area contributed by atoms with Crippen LogP contribution in [0.2, 0.25) is 0 Å². The number of methoxy groups -OCH3 is 1. The van der Waals surface area contributed by atoms with Gasteiger partial charge >= 0.3 is 0 Å². The molecule has 1 amide bonds. The van der Waals surface area contributed by atoms with Crippen molar-refractivity contribution in [2.24, 2.45) is 0 Å². The van der Waals surface area contributed by atoms with Gasteiger partial charge in [-0.25, -0.2) is 0 Å². The Morgan fingerprint density at radius 2 is 2.00 bits per heavy atom. The minimum absolute atomic E-state index is 0.157. The Morgan fingerprint density at radius 3 is 2.56 bits per heavy atom. The van der Waals surface area contributed by atoms with E-state index in [1.807, 2.05) is 19.9 Å². The maximum absolute atomic E-state index is 11.5. The topological polar surface area (TPSA) is 38.3 Å². The van der Waals surface area contributed by atoms with Gasteiger partial charge in [0.05, 0.1) is 6.61 Å². The van der Waals surface area contributed by atoms with Crippen molar-refractivity contribution in [1.82, 2.24) is 5.32 Å². The van der Waals surface area contributed by atoms with Crippen LogP contribution in [0.15, 0.2) is 46.7 Å². The van der Waals surface area contributed by atoms with E-state index in [-0.39, 0.29) is 5.91 Å². The first-order valence-corrected chi connectivity index (χ1v) is 6.02. The molecule has 0 spiro atoms. The number of carbonyl (C=O) groups is 1. The second-order valence-electron chi connectivity index (χ2n) is 3.66. The van der Waals surface area contributed by atoms with Gasteiger partial charge in [0.2, 0.25) is 0 Å². The van der Waals surface area contributed by atoms with Crippen LogP contribution >= 0.6 is 11.6 Å². The van der Waals surface area contributed by atoms with E-state index >= 15 is 0 Å². The van der Waals surface area contributed by atoms with E-state index < -0.39 is 0 Å². The highest BCUT2D eigenvalue weighted by molar-refractivity contribution is 6.32. The first kappa shape index (κ1) is 16.7. The van der Waals surface area contributed by atoms with Gasteiger partial charge in [0.15, 0.2) is 0 Å². The molecule has 0 unspecified atom stereocenters. The van der Waals surface area contributed by atoms with E-state index in [4.69, 9.17) is 16.3 Å². The van der Waals surface area contributed by atoms with E-state index in [2.05, 4.69) is 5.32 Å². The smallest absolute Gasteiger partial charge is 0.250 e. The molecule has 0 saturated heterocycles. The Kier molecular flexibility index (Phi) is 8.97. The second kappa shape index (κ2) is 9.68. The molecule has 0 heterocycles. The van der Waals surface area contributed by atoms with Crippen molar-refractivity contribution in [2.45, 2.75) is 20.8 Å². The van der Waals surface area contributed by atoms with Gasteiger partial charge in [-0.1, -0.05) is 23.8 Å². The fourth-order valence-electron chi connectivity index (χ4n) is 0.941. The number of hydrogen-bond acceptors (Lipinski definition) is 2. The molecule has 18 heavy (non-hydrogen) atoms. The molecular formula is C14H20ClNO2. The first-order chi connectivity index (χ1) is 8.52. The highest BCUT2D eigenvalue weighted by Gasteiger charge is 1.99. The summed E-state index contributed by atoms with van der Waals surface area (Å²) in [5, 5.41) is 3.29. The molecule has 0 atom stereocenters. The van der Waals surface area contributed by atoms with Crippen LogP contribution in [-0.4, -0.2) is 19.6 Å². The summed E-state index contributed by atoms with van der Waals surface area (Å²) in [6, 6.07) is 0. The molecule has 0 saturated carbocycles. The van der Waals surface area contributed by atoms with Crippen molar-refractivity contribution in [3.8, 4) is 0 Å². The molecular weight excluding hydrogens is 250 g/mol. The summed E-state index contributed by atoms with van der Waals surface area (Å²) < 4.78 is 4.85. The zero-order valence-corrected chi connectivity index (χ0v) is 12.0. The number of halogens is 1. The Hall–Kier alpha value is -1.32. The van der Waals surface area contributed by atoms with Crippen molar-refractivity contribution in [1.29, 1.82) is 0 Å². The Morgan fingerprint density at radius 1 is 1.33 bits per heavy atom. The normalized spacial score (nSPS) is 14.2. The lowest BCUT2D eigenvalue weighted by Crippen LogP contribution is -2.18. The molecule has 0 rings (SSSR count). The third kappa shape index (κ3) is 7.09. The molecule has 1 N–H and O–H groups in total.